The average Bonchev–Trinajstić information content (AvgIpc) is 2.64. The van der Waals surface area contributed by atoms with Gasteiger partial charge in [0.05, 0.1) is 25.2 Å². The lowest BCUT2D eigenvalue weighted by Crippen LogP contribution is -2.21. The summed E-state index contributed by atoms with van der Waals surface area (Å²) in [6.45, 7) is 5.10. The first-order valence-electron chi connectivity index (χ1n) is 5.15. The predicted molar refractivity (Wildman–Crippen MR) is 63.0 cm³/mol. The molecule has 2 rings (SSSR count). The molecule has 0 aliphatic carbocycles. The van der Waals surface area contributed by atoms with Gasteiger partial charge in [-0.1, -0.05) is 6.07 Å². The van der Waals surface area contributed by atoms with Crippen molar-refractivity contribution in [1.29, 1.82) is 0 Å². The highest BCUT2D eigenvalue weighted by atomic mass is 16.5. The van der Waals surface area contributed by atoms with Crippen LogP contribution in [0.25, 0.3) is 0 Å². The minimum absolute atomic E-state index is 0.371. The monoisotopic (exact) mass is 204 g/mol. The van der Waals surface area contributed by atoms with Gasteiger partial charge in [0.25, 0.3) is 0 Å². The second-order valence-corrected chi connectivity index (χ2v) is 3.94. The van der Waals surface area contributed by atoms with Crippen LogP contribution in [0.4, 0.5) is 5.69 Å². The van der Waals surface area contributed by atoms with Crippen LogP contribution in [0.1, 0.15) is 12.5 Å². The zero-order valence-corrected chi connectivity index (χ0v) is 9.40. The molecule has 0 aromatic heterocycles. The van der Waals surface area contributed by atoms with E-state index in [2.05, 4.69) is 35.9 Å². The summed E-state index contributed by atoms with van der Waals surface area (Å²) in [5.74, 6) is 0.913. The first kappa shape index (κ1) is 10.0. The molecule has 0 saturated heterocycles. The van der Waals surface area contributed by atoms with Crippen LogP contribution in [0.5, 0.6) is 5.75 Å². The van der Waals surface area contributed by atoms with Crippen molar-refractivity contribution in [2.24, 2.45) is 4.99 Å². The van der Waals surface area contributed by atoms with Gasteiger partial charge in [0.2, 0.25) is 0 Å². The SMILES string of the molecule is COc1cc(C)ccc1N1C=NC(C)C1. The Kier molecular flexibility index (Phi) is 2.62. The van der Waals surface area contributed by atoms with E-state index in [9.17, 15) is 0 Å². The van der Waals surface area contributed by atoms with Crippen LogP contribution in [-0.2, 0) is 0 Å². The first-order chi connectivity index (χ1) is 7.20. The summed E-state index contributed by atoms with van der Waals surface area (Å²) in [4.78, 5) is 6.47. The summed E-state index contributed by atoms with van der Waals surface area (Å²) in [6, 6.07) is 6.59. The van der Waals surface area contributed by atoms with Crippen LogP contribution >= 0.6 is 0 Å². The van der Waals surface area contributed by atoms with E-state index >= 15 is 0 Å². The minimum atomic E-state index is 0.371. The van der Waals surface area contributed by atoms with Crippen molar-refractivity contribution in [1.82, 2.24) is 0 Å². The lowest BCUT2D eigenvalue weighted by molar-refractivity contribution is 0.415. The second kappa shape index (κ2) is 3.93. The number of benzene rings is 1. The van der Waals surface area contributed by atoms with Crippen molar-refractivity contribution in [2.75, 3.05) is 18.6 Å². The van der Waals surface area contributed by atoms with Gasteiger partial charge < -0.3 is 9.64 Å². The highest BCUT2D eigenvalue weighted by Crippen LogP contribution is 2.29. The highest BCUT2D eigenvalue weighted by Gasteiger charge is 2.17. The molecular formula is C12H16N2O. The van der Waals surface area contributed by atoms with Gasteiger partial charge in [-0.3, -0.25) is 4.99 Å². The van der Waals surface area contributed by atoms with E-state index in [1.165, 1.54) is 5.56 Å². The van der Waals surface area contributed by atoms with Gasteiger partial charge in [-0.2, -0.15) is 0 Å². The minimum Gasteiger partial charge on any atom is -0.495 e. The van der Waals surface area contributed by atoms with Gasteiger partial charge in [-0.25, -0.2) is 0 Å². The van der Waals surface area contributed by atoms with Crippen LogP contribution in [0.15, 0.2) is 23.2 Å². The summed E-state index contributed by atoms with van der Waals surface area (Å²) in [6.07, 6.45) is 1.89. The van der Waals surface area contributed by atoms with Gasteiger partial charge >= 0.3 is 0 Å². The van der Waals surface area contributed by atoms with Gasteiger partial charge in [0, 0.05) is 6.54 Å². The van der Waals surface area contributed by atoms with Gasteiger partial charge in [-0.05, 0) is 31.5 Å². The molecule has 1 aliphatic rings. The predicted octanol–water partition coefficient (Wildman–Crippen LogP) is 2.24. The van der Waals surface area contributed by atoms with Crippen molar-refractivity contribution in [3.8, 4) is 5.75 Å². The summed E-state index contributed by atoms with van der Waals surface area (Å²) in [5.41, 5.74) is 2.30. The lowest BCUT2D eigenvalue weighted by Gasteiger charge is -2.18. The summed E-state index contributed by atoms with van der Waals surface area (Å²) < 4.78 is 5.37. The molecular weight excluding hydrogens is 188 g/mol. The fourth-order valence-electron chi connectivity index (χ4n) is 1.76. The molecule has 1 aromatic rings. The number of methoxy groups -OCH3 is 1. The molecule has 1 atom stereocenters. The topological polar surface area (TPSA) is 24.8 Å². The van der Waals surface area contributed by atoms with E-state index in [0.717, 1.165) is 18.0 Å². The van der Waals surface area contributed by atoms with E-state index in [-0.39, 0.29) is 0 Å². The number of anilines is 1. The molecule has 0 N–H and O–H groups in total. The zero-order chi connectivity index (χ0) is 10.8. The van der Waals surface area contributed by atoms with Crippen molar-refractivity contribution in [2.45, 2.75) is 19.9 Å². The summed E-state index contributed by atoms with van der Waals surface area (Å²) in [7, 11) is 1.70. The maximum atomic E-state index is 5.37. The third-order valence-corrected chi connectivity index (χ3v) is 2.57. The smallest absolute Gasteiger partial charge is 0.142 e. The third kappa shape index (κ3) is 1.96. The maximum Gasteiger partial charge on any atom is 0.142 e. The van der Waals surface area contributed by atoms with Crippen LogP contribution in [0.2, 0.25) is 0 Å². The van der Waals surface area contributed by atoms with Crippen LogP contribution in [-0.4, -0.2) is 26.0 Å². The molecule has 0 fully saturated rings. The summed E-state index contributed by atoms with van der Waals surface area (Å²) in [5, 5.41) is 0. The molecule has 3 nitrogen and oxygen atoms in total. The van der Waals surface area contributed by atoms with Gasteiger partial charge in [0.15, 0.2) is 0 Å². The Bertz CT molecular complexity index is 387. The van der Waals surface area contributed by atoms with Crippen molar-refractivity contribution in [3.05, 3.63) is 23.8 Å². The van der Waals surface area contributed by atoms with Crippen molar-refractivity contribution in [3.63, 3.8) is 0 Å². The molecule has 3 heteroatoms. The largest absolute Gasteiger partial charge is 0.495 e. The quantitative estimate of drug-likeness (QED) is 0.738. The molecule has 0 saturated carbocycles. The van der Waals surface area contributed by atoms with E-state index in [1.54, 1.807) is 7.11 Å². The number of ether oxygens (including phenoxy) is 1. The van der Waals surface area contributed by atoms with Crippen LogP contribution in [0, 0.1) is 6.92 Å². The zero-order valence-electron chi connectivity index (χ0n) is 9.40. The molecule has 1 aromatic carbocycles. The number of aryl methyl sites for hydroxylation is 1. The van der Waals surface area contributed by atoms with E-state index < -0.39 is 0 Å². The van der Waals surface area contributed by atoms with Crippen molar-refractivity contribution >= 4 is 12.0 Å². The average molecular weight is 204 g/mol. The fraction of sp³-hybridized carbons (Fsp3) is 0.417. The number of aliphatic imine (C=N–C) groups is 1. The molecule has 0 radical (unpaired) electrons. The number of hydrogen-bond acceptors (Lipinski definition) is 3. The Hall–Kier alpha value is -1.51. The third-order valence-electron chi connectivity index (χ3n) is 2.57. The highest BCUT2D eigenvalue weighted by molar-refractivity contribution is 5.84. The first-order valence-corrected chi connectivity index (χ1v) is 5.15. The molecule has 1 heterocycles. The molecule has 15 heavy (non-hydrogen) atoms. The Morgan fingerprint density at radius 3 is 2.87 bits per heavy atom. The van der Waals surface area contributed by atoms with Crippen molar-refractivity contribution < 1.29 is 4.74 Å². The maximum absolute atomic E-state index is 5.37. The molecule has 1 aliphatic heterocycles. The Morgan fingerprint density at radius 1 is 1.47 bits per heavy atom. The van der Waals surface area contributed by atoms with E-state index in [0.29, 0.717) is 6.04 Å². The normalized spacial score (nSPS) is 19.7. The van der Waals surface area contributed by atoms with Gasteiger partial charge in [-0.15, -0.1) is 0 Å². The Labute approximate surface area is 90.4 Å². The Balaban J connectivity index is 2.32. The van der Waals surface area contributed by atoms with E-state index in [4.69, 9.17) is 4.74 Å². The Morgan fingerprint density at radius 2 is 2.27 bits per heavy atom. The number of rotatable bonds is 2. The number of hydrogen-bond donors (Lipinski definition) is 0. The fourth-order valence-corrected chi connectivity index (χ4v) is 1.76. The van der Waals surface area contributed by atoms with Crippen LogP contribution < -0.4 is 9.64 Å². The summed E-state index contributed by atoms with van der Waals surface area (Å²) >= 11 is 0. The molecule has 0 spiro atoms. The molecule has 80 valence electrons. The lowest BCUT2D eigenvalue weighted by atomic mass is 10.2. The molecule has 0 bridgehead atoms. The van der Waals surface area contributed by atoms with Gasteiger partial charge in [0.1, 0.15) is 5.75 Å². The molecule has 1 unspecified atom stereocenters. The van der Waals surface area contributed by atoms with Crippen LogP contribution in [0.3, 0.4) is 0 Å². The molecule has 0 amide bonds. The van der Waals surface area contributed by atoms with E-state index in [1.807, 2.05) is 12.4 Å². The number of nitrogens with zero attached hydrogens (tertiary/aromatic N) is 2. The standard InChI is InChI=1S/C12H16N2O/c1-9-4-5-11(12(6-9)15-3)14-7-10(2)13-8-14/h4-6,8,10H,7H2,1-3H3. The second-order valence-electron chi connectivity index (χ2n) is 3.94.